The number of hydrogen-bond acceptors (Lipinski definition) is 6. The second-order valence-corrected chi connectivity index (χ2v) is 6.26. The highest BCUT2D eigenvalue weighted by molar-refractivity contribution is 7.89. The van der Waals surface area contributed by atoms with E-state index < -0.39 is 10.0 Å². The molecule has 1 heterocycles. The number of nitrogens with zero attached hydrogens (tertiary/aromatic N) is 2. The molecule has 0 atom stereocenters. The van der Waals surface area contributed by atoms with Crippen LogP contribution in [0.2, 0.25) is 0 Å². The first-order chi connectivity index (χ1) is 11.0. The van der Waals surface area contributed by atoms with Crippen LogP contribution < -0.4 is 9.88 Å². The fraction of sp³-hybridized carbons (Fsp3) is 0.0667. The molecule has 0 saturated carbocycles. The molecule has 0 unspecified atom stereocenters. The minimum Gasteiger partial charge on any atom is -0.496 e. The highest BCUT2D eigenvalue weighted by atomic mass is 32.2. The Balaban J connectivity index is 2.04. The van der Waals surface area contributed by atoms with Crippen LogP contribution >= 0.6 is 0 Å². The summed E-state index contributed by atoms with van der Waals surface area (Å²) in [4.78, 5) is 4.26. The molecule has 2 N–H and O–H groups in total. The monoisotopic (exact) mass is 331 g/mol. The van der Waals surface area contributed by atoms with Crippen molar-refractivity contribution >= 4 is 10.0 Å². The van der Waals surface area contributed by atoms with Crippen LogP contribution in [0.3, 0.4) is 0 Å². The lowest BCUT2D eigenvalue weighted by molar-refractivity contribution is 0.404. The van der Waals surface area contributed by atoms with Gasteiger partial charge in [0.15, 0.2) is 0 Å². The van der Waals surface area contributed by atoms with Gasteiger partial charge in [0.05, 0.1) is 17.6 Å². The molecular weight excluding hydrogens is 318 g/mol. The number of rotatable bonds is 4. The topological polar surface area (TPSA) is 108 Å². The fourth-order valence-electron chi connectivity index (χ4n) is 2.06. The molecule has 8 heteroatoms. The highest BCUT2D eigenvalue weighted by Crippen LogP contribution is 2.32. The molecule has 0 aliphatic heterocycles. The molecule has 0 saturated heterocycles. The molecule has 7 nitrogen and oxygen atoms in total. The predicted octanol–water partition coefficient (Wildman–Crippen LogP) is 2.06. The molecule has 0 radical (unpaired) electrons. The van der Waals surface area contributed by atoms with Crippen LogP contribution in [0.25, 0.3) is 22.8 Å². The average molecular weight is 331 g/mol. The van der Waals surface area contributed by atoms with Gasteiger partial charge in [-0.05, 0) is 12.1 Å². The zero-order chi connectivity index (χ0) is 16.4. The summed E-state index contributed by atoms with van der Waals surface area (Å²) in [7, 11) is -2.40. The van der Waals surface area contributed by atoms with E-state index in [1.165, 1.54) is 25.3 Å². The minimum absolute atomic E-state index is 0.0547. The fourth-order valence-corrected chi connectivity index (χ4v) is 2.59. The maximum atomic E-state index is 11.4. The Morgan fingerprint density at radius 2 is 1.87 bits per heavy atom. The standard InChI is InChI=1S/C15H13N3O4S/c1-21-13-9-11(23(16,19)20)7-8-12(13)15-17-14(18-22-15)10-5-3-2-4-6-10/h2-9H,1H3,(H2,16,19,20). The van der Waals surface area contributed by atoms with Gasteiger partial charge < -0.3 is 9.26 Å². The van der Waals surface area contributed by atoms with Crippen molar-refractivity contribution in [3.63, 3.8) is 0 Å². The molecule has 0 aliphatic carbocycles. The zero-order valence-corrected chi connectivity index (χ0v) is 12.9. The Hall–Kier alpha value is -2.71. The molecule has 0 spiro atoms. The van der Waals surface area contributed by atoms with Crippen molar-refractivity contribution in [3.05, 3.63) is 48.5 Å². The smallest absolute Gasteiger partial charge is 0.262 e. The van der Waals surface area contributed by atoms with Crippen LogP contribution in [-0.2, 0) is 10.0 Å². The van der Waals surface area contributed by atoms with Gasteiger partial charge in [-0.2, -0.15) is 4.98 Å². The number of ether oxygens (including phenoxy) is 1. The van der Waals surface area contributed by atoms with Crippen LogP contribution in [0, 0.1) is 0 Å². The van der Waals surface area contributed by atoms with Crippen LogP contribution in [0.5, 0.6) is 5.75 Å². The molecule has 23 heavy (non-hydrogen) atoms. The van der Waals surface area contributed by atoms with Crippen molar-refractivity contribution in [2.24, 2.45) is 5.14 Å². The van der Waals surface area contributed by atoms with Crippen molar-refractivity contribution in [1.82, 2.24) is 10.1 Å². The van der Waals surface area contributed by atoms with E-state index in [9.17, 15) is 8.42 Å². The van der Waals surface area contributed by atoms with Gasteiger partial charge in [-0.25, -0.2) is 13.6 Å². The second-order valence-electron chi connectivity index (χ2n) is 4.70. The van der Waals surface area contributed by atoms with Crippen LogP contribution in [-0.4, -0.2) is 25.7 Å². The first kappa shape index (κ1) is 15.2. The van der Waals surface area contributed by atoms with Gasteiger partial charge in [0.1, 0.15) is 5.75 Å². The lowest BCUT2D eigenvalue weighted by atomic mass is 10.2. The molecule has 118 valence electrons. The number of methoxy groups -OCH3 is 1. The predicted molar refractivity (Wildman–Crippen MR) is 83.1 cm³/mol. The third-order valence-corrected chi connectivity index (χ3v) is 4.10. The van der Waals surface area contributed by atoms with E-state index in [0.29, 0.717) is 11.4 Å². The van der Waals surface area contributed by atoms with Crippen molar-refractivity contribution in [2.75, 3.05) is 7.11 Å². The lowest BCUT2D eigenvalue weighted by Gasteiger charge is -2.06. The Morgan fingerprint density at radius 3 is 2.52 bits per heavy atom. The zero-order valence-electron chi connectivity index (χ0n) is 12.1. The first-order valence-corrected chi connectivity index (χ1v) is 8.14. The summed E-state index contributed by atoms with van der Waals surface area (Å²) in [5.74, 6) is 0.930. The van der Waals surface area contributed by atoms with E-state index in [1.54, 1.807) is 0 Å². The number of sulfonamides is 1. The SMILES string of the molecule is COc1cc(S(N)(=O)=O)ccc1-c1nc(-c2ccccc2)no1. The third-order valence-electron chi connectivity index (χ3n) is 3.19. The Morgan fingerprint density at radius 1 is 1.13 bits per heavy atom. The molecule has 0 fully saturated rings. The number of primary sulfonamides is 1. The second kappa shape index (κ2) is 5.82. The number of aromatic nitrogens is 2. The van der Waals surface area contributed by atoms with Crippen LogP contribution in [0.1, 0.15) is 0 Å². The first-order valence-electron chi connectivity index (χ1n) is 6.59. The maximum absolute atomic E-state index is 11.4. The number of nitrogens with two attached hydrogens (primary N) is 1. The van der Waals surface area contributed by atoms with Crippen molar-refractivity contribution < 1.29 is 17.7 Å². The molecule has 3 aromatic rings. The largest absolute Gasteiger partial charge is 0.496 e. The van der Waals surface area contributed by atoms with E-state index in [0.717, 1.165) is 5.56 Å². The van der Waals surface area contributed by atoms with Gasteiger partial charge in [0.25, 0.3) is 5.89 Å². The summed E-state index contributed by atoms with van der Waals surface area (Å²) < 4.78 is 33.3. The summed E-state index contributed by atoms with van der Waals surface area (Å²) >= 11 is 0. The summed E-state index contributed by atoms with van der Waals surface area (Å²) in [6.07, 6.45) is 0. The number of benzene rings is 2. The molecule has 0 bridgehead atoms. The Labute approximate surface area is 132 Å². The third kappa shape index (κ3) is 3.08. The Kier molecular flexibility index (Phi) is 3.85. The maximum Gasteiger partial charge on any atom is 0.262 e. The van der Waals surface area contributed by atoms with Crippen LogP contribution in [0.15, 0.2) is 57.9 Å². The van der Waals surface area contributed by atoms with Gasteiger partial charge in [-0.1, -0.05) is 35.5 Å². The lowest BCUT2D eigenvalue weighted by Crippen LogP contribution is -2.12. The van der Waals surface area contributed by atoms with E-state index >= 15 is 0 Å². The van der Waals surface area contributed by atoms with Gasteiger partial charge >= 0.3 is 0 Å². The minimum atomic E-state index is -3.82. The molecular formula is C15H13N3O4S. The van der Waals surface area contributed by atoms with Crippen molar-refractivity contribution in [1.29, 1.82) is 0 Å². The summed E-state index contributed by atoms with van der Waals surface area (Å²) in [6, 6.07) is 13.5. The average Bonchev–Trinajstić information content (AvgIpc) is 3.04. The molecule has 0 aliphatic rings. The van der Waals surface area contributed by atoms with Gasteiger partial charge in [-0.15, -0.1) is 0 Å². The summed E-state index contributed by atoms with van der Waals surface area (Å²) in [5, 5.41) is 9.04. The van der Waals surface area contributed by atoms with Crippen molar-refractivity contribution in [3.8, 4) is 28.6 Å². The van der Waals surface area contributed by atoms with Gasteiger partial charge in [0.2, 0.25) is 15.8 Å². The van der Waals surface area contributed by atoms with Crippen molar-refractivity contribution in [2.45, 2.75) is 4.90 Å². The highest BCUT2D eigenvalue weighted by Gasteiger charge is 2.18. The quantitative estimate of drug-likeness (QED) is 0.784. The van der Waals surface area contributed by atoms with E-state index in [2.05, 4.69) is 10.1 Å². The van der Waals surface area contributed by atoms with E-state index in [4.69, 9.17) is 14.4 Å². The molecule has 3 rings (SSSR count). The van der Waals surface area contributed by atoms with E-state index in [1.807, 2.05) is 30.3 Å². The summed E-state index contributed by atoms with van der Waals surface area (Å²) in [6.45, 7) is 0. The van der Waals surface area contributed by atoms with Crippen LogP contribution in [0.4, 0.5) is 0 Å². The van der Waals surface area contributed by atoms with E-state index in [-0.39, 0.29) is 16.5 Å². The molecule has 1 aromatic heterocycles. The van der Waals surface area contributed by atoms with Gasteiger partial charge in [-0.3, -0.25) is 0 Å². The Bertz CT molecular complexity index is 936. The molecule has 2 aromatic carbocycles. The number of hydrogen-bond donors (Lipinski definition) is 1. The van der Waals surface area contributed by atoms with Gasteiger partial charge in [0, 0.05) is 11.6 Å². The molecule has 0 amide bonds. The summed E-state index contributed by atoms with van der Waals surface area (Å²) in [5.41, 5.74) is 1.29. The normalized spacial score (nSPS) is 11.4.